The summed E-state index contributed by atoms with van der Waals surface area (Å²) < 4.78 is 0. The van der Waals surface area contributed by atoms with Gasteiger partial charge in [0, 0.05) is 18.9 Å². The van der Waals surface area contributed by atoms with Crippen LogP contribution in [0.4, 0.5) is 0 Å². The molecule has 0 spiro atoms. The topological polar surface area (TPSA) is 12.9 Å². The maximum absolute atomic E-state index is 3.66. The van der Waals surface area contributed by atoms with Crippen LogP contribution in [-0.4, -0.2) is 23.8 Å². The normalized spacial score (nSPS) is 6.00. The molecule has 0 aliphatic carbocycles. The Morgan fingerprint density at radius 1 is 1.25 bits per heavy atom. The third kappa shape index (κ3) is 4.50. The molecule has 0 aliphatic heterocycles. The van der Waals surface area contributed by atoms with E-state index in [1.807, 2.05) is 12.1 Å². The Hall–Kier alpha value is 0.345. The number of aromatic nitrogens is 1. The molecule has 1 aromatic rings. The second kappa shape index (κ2) is 7.34. The van der Waals surface area contributed by atoms with Crippen LogP contribution in [0.2, 0.25) is 0 Å². The second-order valence-electron chi connectivity index (χ2n) is 0.959. The van der Waals surface area contributed by atoms with Gasteiger partial charge in [-0.2, -0.15) is 18.2 Å². The average Bonchev–Trinajstić information content (AvgIpc) is 1.72. The van der Waals surface area contributed by atoms with Gasteiger partial charge in [-0.3, -0.25) is 0 Å². The standard InChI is InChI=1S/C5H4N.2Li/c1-2-4-6-5-3-1;;/h1-4H;;/q-1;;+1. The van der Waals surface area contributed by atoms with Crippen LogP contribution >= 0.6 is 0 Å². The van der Waals surface area contributed by atoms with Crippen molar-refractivity contribution in [2.45, 2.75) is 0 Å². The Morgan fingerprint density at radius 3 is 2.12 bits per heavy atom. The van der Waals surface area contributed by atoms with Crippen LogP contribution in [0.15, 0.2) is 24.4 Å². The molecule has 0 amide bonds. The molecule has 1 radical (unpaired) electrons. The van der Waals surface area contributed by atoms with Gasteiger partial charge in [-0.1, -0.05) is 12.4 Å². The average molecular weight is 92.0 g/mol. The summed E-state index contributed by atoms with van der Waals surface area (Å²) in [5, 5.41) is 0. The zero-order valence-corrected chi connectivity index (χ0v) is 5.26. The van der Waals surface area contributed by atoms with E-state index in [-0.39, 0.29) is 37.7 Å². The van der Waals surface area contributed by atoms with E-state index in [0.717, 1.165) is 0 Å². The molecule has 1 heterocycles. The molecule has 1 rings (SSSR count). The maximum Gasteiger partial charge on any atom is 1.00 e. The molecule has 31 valence electrons. The Bertz CT molecular complexity index is 82.4. The van der Waals surface area contributed by atoms with E-state index in [4.69, 9.17) is 0 Å². The van der Waals surface area contributed by atoms with E-state index in [2.05, 4.69) is 11.2 Å². The number of pyridine rings is 1. The first-order valence-corrected chi connectivity index (χ1v) is 1.77. The summed E-state index contributed by atoms with van der Waals surface area (Å²) in [6, 6.07) is 5.50. The van der Waals surface area contributed by atoms with E-state index in [1.54, 1.807) is 12.3 Å². The van der Waals surface area contributed by atoms with E-state index in [1.165, 1.54) is 0 Å². The molecule has 3 heteroatoms. The molecule has 1 aromatic heterocycles. The Morgan fingerprint density at radius 2 is 2.00 bits per heavy atom. The van der Waals surface area contributed by atoms with Crippen LogP contribution in [0.3, 0.4) is 0 Å². The number of hydrogen-bond donors (Lipinski definition) is 0. The Balaban J connectivity index is 0. The molecule has 0 saturated carbocycles. The van der Waals surface area contributed by atoms with Gasteiger partial charge in [0.05, 0.1) is 0 Å². The van der Waals surface area contributed by atoms with Crippen LogP contribution in [0.25, 0.3) is 0 Å². The van der Waals surface area contributed by atoms with Crippen LogP contribution in [0, 0.1) is 6.20 Å². The molecular weight excluding hydrogens is 87.9 g/mol. The fourth-order valence-corrected chi connectivity index (χ4v) is 0.277. The zero-order valence-electron chi connectivity index (χ0n) is 5.26. The molecule has 0 saturated heterocycles. The maximum atomic E-state index is 3.66. The Labute approximate surface area is 73.2 Å². The predicted octanol–water partition coefficient (Wildman–Crippen LogP) is -2.50. The molecule has 0 aromatic carbocycles. The summed E-state index contributed by atoms with van der Waals surface area (Å²) in [5.41, 5.74) is 0. The predicted molar refractivity (Wildman–Crippen MR) is 28.8 cm³/mol. The van der Waals surface area contributed by atoms with Crippen LogP contribution in [0.1, 0.15) is 0 Å². The fraction of sp³-hybridized carbons (Fsp3) is 0. The number of hydrogen-bond acceptors (Lipinski definition) is 1. The van der Waals surface area contributed by atoms with Gasteiger partial charge in [-0.15, -0.1) is 0 Å². The van der Waals surface area contributed by atoms with Gasteiger partial charge < -0.3 is 4.98 Å². The summed E-state index contributed by atoms with van der Waals surface area (Å²) in [7, 11) is 0. The van der Waals surface area contributed by atoms with Crippen LogP contribution in [0.5, 0.6) is 0 Å². The van der Waals surface area contributed by atoms with Gasteiger partial charge in [0.1, 0.15) is 0 Å². The second-order valence-corrected chi connectivity index (χ2v) is 0.959. The van der Waals surface area contributed by atoms with E-state index >= 15 is 0 Å². The van der Waals surface area contributed by atoms with Crippen molar-refractivity contribution in [1.29, 1.82) is 0 Å². The number of rotatable bonds is 0. The van der Waals surface area contributed by atoms with Crippen molar-refractivity contribution < 1.29 is 18.9 Å². The van der Waals surface area contributed by atoms with Crippen molar-refractivity contribution in [1.82, 2.24) is 4.98 Å². The molecule has 8 heavy (non-hydrogen) atoms. The molecule has 0 aliphatic rings. The third-order valence-electron chi connectivity index (χ3n) is 0.517. The van der Waals surface area contributed by atoms with Crippen molar-refractivity contribution >= 4 is 18.9 Å². The summed E-state index contributed by atoms with van der Waals surface area (Å²) in [4.78, 5) is 3.66. The van der Waals surface area contributed by atoms with Crippen molar-refractivity contribution in [3.05, 3.63) is 30.6 Å². The smallest absolute Gasteiger partial charge is 0.394 e. The largest absolute Gasteiger partial charge is 1.00 e. The van der Waals surface area contributed by atoms with Gasteiger partial charge >= 0.3 is 18.9 Å². The van der Waals surface area contributed by atoms with Gasteiger partial charge in [0.15, 0.2) is 0 Å². The molecule has 1 nitrogen and oxygen atoms in total. The van der Waals surface area contributed by atoms with E-state index < -0.39 is 0 Å². The van der Waals surface area contributed by atoms with Crippen molar-refractivity contribution in [2.75, 3.05) is 0 Å². The first kappa shape index (κ1) is 11.2. The molecule has 0 atom stereocenters. The van der Waals surface area contributed by atoms with Crippen LogP contribution < -0.4 is 18.9 Å². The molecule has 0 unspecified atom stereocenters. The van der Waals surface area contributed by atoms with Gasteiger partial charge in [0.2, 0.25) is 0 Å². The minimum Gasteiger partial charge on any atom is -0.394 e. The summed E-state index contributed by atoms with van der Waals surface area (Å²) >= 11 is 0. The zero-order chi connectivity index (χ0) is 4.24. The minimum atomic E-state index is 0. The monoisotopic (exact) mass is 92.1 g/mol. The first-order valence-electron chi connectivity index (χ1n) is 1.77. The molecule has 0 bridgehead atoms. The first-order chi connectivity index (χ1) is 3.00. The molecule has 0 fully saturated rings. The fourth-order valence-electron chi connectivity index (χ4n) is 0.277. The van der Waals surface area contributed by atoms with E-state index in [9.17, 15) is 0 Å². The van der Waals surface area contributed by atoms with E-state index in [0.29, 0.717) is 0 Å². The van der Waals surface area contributed by atoms with Crippen molar-refractivity contribution in [3.8, 4) is 0 Å². The minimum absolute atomic E-state index is 0. The summed E-state index contributed by atoms with van der Waals surface area (Å²) in [6.07, 6.45) is 4.34. The molecule has 0 N–H and O–H groups in total. The van der Waals surface area contributed by atoms with Gasteiger partial charge in [-0.25, -0.2) is 0 Å². The summed E-state index contributed by atoms with van der Waals surface area (Å²) in [6.45, 7) is 0. The quantitative estimate of drug-likeness (QED) is 0.255. The SMILES string of the molecule is [Li+].[Li].[c-]1ccccn1. The van der Waals surface area contributed by atoms with Crippen LogP contribution in [-0.2, 0) is 0 Å². The Kier molecular flexibility index (Phi) is 10.3. The third-order valence-corrected chi connectivity index (χ3v) is 0.517. The number of nitrogens with zero attached hydrogens (tertiary/aromatic N) is 1. The van der Waals surface area contributed by atoms with Crippen molar-refractivity contribution in [3.63, 3.8) is 0 Å². The van der Waals surface area contributed by atoms with Gasteiger partial charge in [0.25, 0.3) is 0 Å². The van der Waals surface area contributed by atoms with Gasteiger partial charge in [-0.05, 0) is 0 Å². The molecular formula is C5H4Li2N. The summed E-state index contributed by atoms with van der Waals surface area (Å²) in [5.74, 6) is 0. The van der Waals surface area contributed by atoms with Crippen molar-refractivity contribution in [2.24, 2.45) is 0 Å².